The van der Waals surface area contributed by atoms with Crippen LogP contribution in [-0.2, 0) is 10.0 Å². The Balaban J connectivity index is 1.53. The van der Waals surface area contributed by atoms with Gasteiger partial charge < -0.3 is 10.2 Å². The third-order valence-corrected chi connectivity index (χ3v) is 6.90. The second kappa shape index (κ2) is 7.33. The molecule has 0 aromatic carbocycles. The summed E-state index contributed by atoms with van der Waals surface area (Å²) >= 11 is 0. The van der Waals surface area contributed by atoms with Crippen LogP contribution in [0.2, 0.25) is 0 Å². The number of anilines is 1. The molecule has 1 aliphatic heterocycles. The van der Waals surface area contributed by atoms with Gasteiger partial charge in [-0.2, -0.15) is 0 Å². The maximum absolute atomic E-state index is 11.9. The van der Waals surface area contributed by atoms with Crippen molar-refractivity contribution in [1.29, 1.82) is 0 Å². The zero-order valence-corrected chi connectivity index (χ0v) is 15.2. The lowest BCUT2D eigenvalue weighted by Gasteiger charge is -2.19. The predicted octanol–water partition coefficient (Wildman–Crippen LogP) is 0.880. The molecule has 0 amide bonds. The third kappa shape index (κ3) is 4.43. The molecule has 0 radical (unpaired) electrons. The molecule has 1 saturated heterocycles. The number of hydrogen-bond donors (Lipinski definition) is 1. The van der Waals surface area contributed by atoms with Crippen LogP contribution in [0.5, 0.6) is 0 Å². The second-order valence-corrected chi connectivity index (χ2v) is 9.34. The van der Waals surface area contributed by atoms with Gasteiger partial charge in [0.15, 0.2) is 0 Å². The summed E-state index contributed by atoms with van der Waals surface area (Å²) in [4.78, 5) is 10.9. The topological polar surface area (TPSA) is 78.4 Å². The zero-order valence-electron chi connectivity index (χ0n) is 14.4. The van der Waals surface area contributed by atoms with Gasteiger partial charge in [-0.25, -0.2) is 22.7 Å². The average molecular weight is 353 g/mol. The van der Waals surface area contributed by atoms with Crippen molar-refractivity contribution in [1.82, 2.24) is 19.2 Å². The fourth-order valence-electron chi connectivity index (χ4n) is 3.44. The van der Waals surface area contributed by atoms with Crippen LogP contribution in [0.4, 0.5) is 5.95 Å². The Morgan fingerprint density at radius 2 is 1.96 bits per heavy atom. The van der Waals surface area contributed by atoms with E-state index in [9.17, 15) is 8.42 Å². The van der Waals surface area contributed by atoms with Gasteiger partial charge in [0.25, 0.3) is 0 Å². The van der Waals surface area contributed by atoms with Crippen LogP contribution in [0.15, 0.2) is 18.5 Å². The van der Waals surface area contributed by atoms with E-state index in [1.807, 2.05) is 6.07 Å². The highest BCUT2D eigenvalue weighted by Gasteiger charge is 2.42. The maximum atomic E-state index is 11.9. The molecule has 2 atom stereocenters. The largest absolute Gasteiger partial charge is 0.350 e. The Morgan fingerprint density at radius 1 is 1.25 bits per heavy atom. The van der Waals surface area contributed by atoms with E-state index >= 15 is 0 Å². The SMILES string of the molecule is CN(C)S(=O)(=O)CCCN1C[C@H](Nc2ncccn2)[C@@H](C2CC2)C1. The lowest BCUT2D eigenvalue weighted by Crippen LogP contribution is -2.31. The number of sulfonamides is 1. The van der Waals surface area contributed by atoms with Crippen LogP contribution in [0.25, 0.3) is 0 Å². The van der Waals surface area contributed by atoms with E-state index in [4.69, 9.17) is 0 Å². The number of aromatic nitrogens is 2. The van der Waals surface area contributed by atoms with Crippen molar-refractivity contribution >= 4 is 16.0 Å². The second-order valence-electron chi connectivity index (χ2n) is 7.04. The molecule has 1 aromatic rings. The quantitative estimate of drug-likeness (QED) is 0.747. The molecule has 1 aromatic heterocycles. The smallest absolute Gasteiger partial charge is 0.222 e. The van der Waals surface area contributed by atoms with Crippen molar-refractivity contribution in [3.05, 3.63) is 18.5 Å². The molecule has 134 valence electrons. The summed E-state index contributed by atoms with van der Waals surface area (Å²) in [5.74, 6) is 2.30. The molecule has 7 nitrogen and oxygen atoms in total. The molecule has 2 fully saturated rings. The first-order valence-electron chi connectivity index (χ1n) is 8.62. The first-order chi connectivity index (χ1) is 11.5. The molecular weight excluding hydrogens is 326 g/mol. The summed E-state index contributed by atoms with van der Waals surface area (Å²) < 4.78 is 25.0. The molecule has 2 heterocycles. The van der Waals surface area contributed by atoms with Gasteiger partial charge in [-0.05, 0) is 43.7 Å². The fraction of sp³-hybridized carbons (Fsp3) is 0.750. The van der Waals surface area contributed by atoms with Crippen LogP contribution in [0.1, 0.15) is 19.3 Å². The molecular formula is C16H27N5O2S. The van der Waals surface area contributed by atoms with Crippen LogP contribution in [0, 0.1) is 11.8 Å². The highest BCUT2D eigenvalue weighted by molar-refractivity contribution is 7.89. The average Bonchev–Trinajstić information content (AvgIpc) is 3.31. The molecule has 1 saturated carbocycles. The predicted molar refractivity (Wildman–Crippen MR) is 94.2 cm³/mol. The number of likely N-dealkylation sites (tertiary alicyclic amines) is 1. The van der Waals surface area contributed by atoms with E-state index in [0.29, 0.717) is 24.3 Å². The molecule has 0 bridgehead atoms. The van der Waals surface area contributed by atoms with Gasteiger partial charge in [-0.1, -0.05) is 0 Å². The standard InChI is InChI=1S/C16H27N5O2S/c1-20(2)24(22,23)10-4-9-21-11-14(13-5-6-13)15(12-21)19-16-17-7-3-8-18-16/h3,7-8,13-15H,4-6,9-12H2,1-2H3,(H,17,18,19)/t14-,15+/m1/s1. The minimum Gasteiger partial charge on any atom is -0.350 e. The van der Waals surface area contributed by atoms with Crippen molar-refractivity contribution in [3.63, 3.8) is 0 Å². The van der Waals surface area contributed by atoms with Crippen LogP contribution >= 0.6 is 0 Å². The van der Waals surface area contributed by atoms with Crippen molar-refractivity contribution in [3.8, 4) is 0 Å². The van der Waals surface area contributed by atoms with Gasteiger partial charge in [0, 0.05) is 45.6 Å². The number of hydrogen-bond acceptors (Lipinski definition) is 6. The van der Waals surface area contributed by atoms with E-state index in [1.54, 1.807) is 26.5 Å². The Kier molecular flexibility index (Phi) is 5.36. The molecule has 1 N–H and O–H groups in total. The summed E-state index contributed by atoms with van der Waals surface area (Å²) in [5, 5.41) is 3.48. The highest BCUT2D eigenvalue weighted by atomic mass is 32.2. The van der Waals surface area contributed by atoms with Gasteiger partial charge in [-0.3, -0.25) is 0 Å². The first-order valence-corrected chi connectivity index (χ1v) is 10.2. The van der Waals surface area contributed by atoms with Gasteiger partial charge in [-0.15, -0.1) is 0 Å². The van der Waals surface area contributed by atoms with Gasteiger partial charge in [0.1, 0.15) is 0 Å². The van der Waals surface area contributed by atoms with Crippen molar-refractivity contribution in [2.75, 3.05) is 44.8 Å². The van der Waals surface area contributed by atoms with E-state index < -0.39 is 10.0 Å². The number of nitrogens with one attached hydrogen (secondary N) is 1. The van der Waals surface area contributed by atoms with E-state index in [2.05, 4.69) is 20.2 Å². The highest BCUT2D eigenvalue weighted by Crippen LogP contribution is 2.42. The lowest BCUT2D eigenvalue weighted by molar-refractivity contribution is 0.317. The maximum Gasteiger partial charge on any atom is 0.222 e. The van der Waals surface area contributed by atoms with Crippen LogP contribution in [0.3, 0.4) is 0 Å². The molecule has 24 heavy (non-hydrogen) atoms. The summed E-state index contributed by atoms with van der Waals surface area (Å²) in [6, 6.07) is 2.17. The Labute approximate surface area is 144 Å². The zero-order chi connectivity index (χ0) is 17.2. The van der Waals surface area contributed by atoms with E-state index in [-0.39, 0.29) is 5.75 Å². The first kappa shape index (κ1) is 17.6. The minimum absolute atomic E-state index is 0.213. The summed E-state index contributed by atoms with van der Waals surface area (Å²) in [5.41, 5.74) is 0. The van der Waals surface area contributed by atoms with E-state index in [0.717, 1.165) is 25.6 Å². The van der Waals surface area contributed by atoms with Crippen molar-refractivity contribution in [2.45, 2.75) is 25.3 Å². The Morgan fingerprint density at radius 3 is 2.58 bits per heavy atom. The minimum atomic E-state index is -3.10. The van der Waals surface area contributed by atoms with Gasteiger partial charge >= 0.3 is 0 Å². The summed E-state index contributed by atoms with van der Waals surface area (Å²) in [7, 11) is 0.0843. The van der Waals surface area contributed by atoms with Crippen molar-refractivity contribution < 1.29 is 8.42 Å². The van der Waals surface area contributed by atoms with Crippen LogP contribution in [-0.4, -0.2) is 73.1 Å². The molecule has 0 unspecified atom stereocenters. The molecule has 2 aliphatic rings. The lowest BCUT2D eigenvalue weighted by atomic mass is 9.98. The number of nitrogens with zero attached hydrogens (tertiary/aromatic N) is 4. The molecule has 8 heteroatoms. The van der Waals surface area contributed by atoms with Crippen molar-refractivity contribution in [2.24, 2.45) is 11.8 Å². The monoisotopic (exact) mass is 353 g/mol. The summed E-state index contributed by atoms with van der Waals surface area (Å²) in [6.45, 7) is 2.79. The van der Waals surface area contributed by atoms with Gasteiger partial charge in [0.05, 0.1) is 5.75 Å². The Hall–Kier alpha value is -1.25. The molecule has 3 rings (SSSR count). The van der Waals surface area contributed by atoms with Crippen LogP contribution < -0.4 is 5.32 Å². The van der Waals surface area contributed by atoms with E-state index in [1.165, 1.54) is 17.1 Å². The fourth-order valence-corrected chi connectivity index (χ4v) is 4.30. The molecule has 0 spiro atoms. The summed E-state index contributed by atoms with van der Waals surface area (Å²) in [6.07, 6.45) is 6.79. The third-order valence-electron chi connectivity index (χ3n) is 4.98. The molecule has 1 aliphatic carbocycles. The normalized spacial score (nSPS) is 25.3. The Bertz CT molecular complexity index is 633. The number of rotatable bonds is 8. The van der Waals surface area contributed by atoms with Gasteiger partial charge in [0.2, 0.25) is 16.0 Å².